The highest BCUT2D eigenvalue weighted by Gasteiger charge is 2.16. The fourth-order valence-corrected chi connectivity index (χ4v) is 1.08. The Labute approximate surface area is 74.0 Å². The van der Waals surface area contributed by atoms with Crippen molar-refractivity contribution in [2.24, 2.45) is 0 Å². The van der Waals surface area contributed by atoms with Crippen molar-refractivity contribution < 1.29 is 0 Å². The number of aromatic nitrogens is 1. The molecule has 1 aromatic rings. The van der Waals surface area contributed by atoms with Gasteiger partial charge in [0.25, 0.3) is 0 Å². The minimum atomic E-state index is 0.0354. The van der Waals surface area contributed by atoms with E-state index in [0.717, 1.165) is 5.69 Å². The van der Waals surface area contributed by atoms with Crippen molar-refractivity contribution in [3.63, 3.8) is 0 Å². The van der Waals surface area contributed by atoms with Crippen LogP contribution in [0.1, 0.15) is 25.1 Å². The van der Waals surface area contributed by atoms with E-state index in [1.807, 2.05) is 26.2 Å². The van der Waals surface area contributed by atoms with Crippen LogP contribution in [0.5, 0.6) is 0 Å². The molecule has 0 aliphatic rings. The van der Waals surface area contributed by atoms with Crippen molar-refractivity contribution in [3.05, 3.63) is 29.6 Å². The van der Waals surface area contributed by atoms with Crippen molar-refractivity contribution in [3.8, 4) is 0 Å². The molecule has 0 aromatic carbocycles. The largest absolute Gasteiger partial charge is 0.311 e. The maximum absolute atomic E-state index is 4.16. The lowest BCUT2D eigenvalue weighted by molar-refractivity contribution is 0.444. The number of nitrogens with zero attached hydrogens (tertiary/aromatic N) is 1. The highest BCUT2D eigenvalue weighted by molar-refractivity contribution is 5.22. The maximum Gasteiger partial charge on any atom is 0.0376 e. The average Bonchev–Trinajstić information content (AvgIpc) is 2.05. The van der Waals surface area contributed by atoms with Gasteiger partial charge in [0.15, 0.2) is 0 Å². The maximum atomic E-state index is 4.16. The number of hydrogen-bond acceptors (Lipinski definition) is 2. The highest BCUT2D eigenvalue weighted by atomic mass is 14.9. The predicted octanol–water partition coefficient (Wildman–Crippen LogP) is 1.84. The third-order valence-corrected chi connectivity index (χ3v) is 2.24. The molecule has 1 heterocycles. The zero-order valence-corrected chi connectivity index (χ0v) is 8.18. The SMILES string of the molecule is CNC(C)(C)c1ccnc(C)c1. The van der Waals surface area contributed by atoms with Gasteiger partial charge in [0.05, 0.1) is 0 Å². The molecule has 0 aliphatic heterocycles. The van der Waals surface area contributed by atoms with Gasteiger partial charge < -0.3 is 5.32 Å². The fourth-order valence-electron chi connectivity index (χ4n) is 1.08. The van der Waals surface area contributed by atoms with Gasteiger partial charge in [0.2, 0.25) is 0 Å². The Balaban J connectivity index is 3.03. The summed E-state index contributed by atoms with van der Waals surface area (Å²) in [6, 6.07) is 4.15. The third kappa shape index (κ3) is 1.83. The van der Waals surface area contributed by atoms with Crippen molar-refractivity contribution in [1.82, 2.24) is 10.3 Å². The summed E-state index contributed by atoms with van der Waals surface area (Å²) in [5.41, 5.74) is 2.38. The van der Waals surface area contributed by atoms with Gasteiger partial charge in [-0.25, -0.2) is 0 Å². The Morgan fingerprint density at radius 3 is 2.58 bits per heavy atom. The normalized spacial score (nSPS) is 11.7. The van der Waals surface area contributed by atoms with E-state index in [0.29, 0.717) is 0 Å². The first kappa shape index (κ1) is 9.20. The summed E-state index contributed by atoms with van der Waals surface area (Å²) < 4.78 is 0. The van der Waals surface area contributed by atoms with E-state index in [1.165, 1.54) is 5.56 Å². The van der Waals surface area contributed by atoms with Gasteiger partial charge in [0, 0.05) is 17.4 Å². The summed E-state index contributed by atoms with van der Waals surface area (Å²) in [4.78, 5) is 4.16. The molecule has 12 heavy (non-hydrogen) atoms. The molecular formula is C10H16N2. The first-order valence-corrected chi connectivity index (χ1v) is 4.18. The van der Waals surface area contributed by atoms with Gasteiger partial charge >= 0.3 is 0 Å². The lowest BCUT2D eigenvalue weighted by Gasteiger charge is -2.24. The molecule has 2 heteroatoms. The van der Waals surface area contributed by atoms with Gasteiger partial charge in [-0.2, -0.15) is 0 Å². The topological polar surface area (TPSA) is 24.9 Å². The molecule has 0 unspecified atom stereocenters. The quantitative estimate of drug-likeness (QED) is 0.721. The second kappa shape index (κ2) is 3.23. The molecule has 1 rings (SSSR count). The smallest absolute Gasteiger partial charge is 0.0376 e. The zero-order chi connectivity index (χ0) is 9.19. The Morgan fingerprint density at radius 1 is 1.42 bits per heavy atom. The lowest BCUT2D eigenvalue weighted by Crippen LogP contribution is -2.33. The fraction of sp³-hybridized carbons (Fsp3) is 0.500. The van der Waals surface area contributed by atoms with Gasteiger partial charge in [-0.1, -0.05) is 0 Å². The van der Waals surface area contributed by atoms with Gasteiger partial charge in [-0.3, -0.25) is 4.98 Å². The number of pyridine rings is 1. The molecule has 1 aromatic heterocycles. The first-order chi connectivity index (χ1) is 5.56. The van der Waals surface area contributed by atoms with Gasteiger partial charge in [-0.05, 0) is 45.5 Å². The standard InChI is InChI=1S/C10H16N2/c1-8-7-9(5-6-12-8)10(2,3)11-4/h5-7,11H,1-4H3. The molecule has 2 nitrogen and oxygen atoms in total. The van der Waals surface area contributed by atoms with Crippen LogP contribution in [-0.2, 0) is 5.54 Å². The van der Waals surface area contributed by atoms with Crippen molar-refractivity contribution >= 4 is 0 Å². The van der Waals surface area contributed by atoms with Crippen molar-refractivity contribution in [2.45, 2.75) is 26.3 Å². The number of nitrogens with one attached hydrogen (secondary N) is 1. The molecule has 1 N–H and O–H groups in total. The zero-order valence-electron chi connectivity index (χ0n) is 8.18. The summed E-state index contributed by atoms with van der Waals surface area (Å²) >= 11 is 0. The molecule has 66 valence electrons. The molecule has 0 aliphatic carbocycles. The molecule has 0 fully saturated rings. The van der Waals surface area contributed by atoms with E-state index in [9.17, 15) is 0 Å². The Hall–Kier alpha value is -0.890. The van der Waals surface area contributed by atoms with Crippen LogP contribution in [0.3, 0.4) is 0 Å². The minimum Gasteiger partial charge on any atom is -0.311 e. The molecule has 0 radical (unpaired) electrons. The van der Waals surface area contributed by atoms with Crippen LogP contribution in [0.4, 0.5) is 0 Å². The van der Waals surface area contributed by atoms with Crippen LogP contribution in [0.15, 0.2) is 18.3 Å². The van der Waals surface area contributed by atoms with Crippen molar-refractivity contribution in [1.29, 1.82) is 0 Å². The number of rotatable bonds is 2. The summed E-state index contributed by atoms with van der Waals surface area (Å²) in [7, 11) is 1.97. The highest BCUT2D eigenvalue weighted by Crippen LogP contribution is 2.18. The second-order valence-corrected chi connectivity index (χ2v) is 3.56. The van der Waals surface area contributed by atoms with E-state index in [4.69, 9.17) is 0 Å². The van der Waals surface area contributed by atoms with E-state index >= 15 is 0 Å². The van der Waals surface area contributed by atoms with Crippen LogP contribution >= 0.6 is 0 Å². The first-order valence-electron chi connectivity index (χ1n) is 4.18. The summed E-state index contributed by atoms with van der Waals surface area (Å²) in [5.74, 6) is 0. The molecule has 0 saturated heterocycles. The molecule has 0 spiro atoms. The van der Waals surface area contributed by atoms with Crippen LogP contribution in [0, 0.1) is 6.92 Å². The van der Waals surface area contributed by atoms with E-state index in [1.54, 1.807) is 0 Å². The minimum absolute atomic E-state index is 0.0354. The lowest BCUT2D eigenvalue weighted by atomic mass is 9.95. The molecule has 0 bridgehead atoms. The molecule has 0 atom stereocenters. The molecule has 0 saturated carbocycles. The average molecular weight is 164 g/mol. The van der Waals surface area contributed by atoms with Crippen molar-refractivity contribution in [2.75, 3.05) is 7.05 Å². The van der Waals surface area contributed by atoms with Gasteiger partial charge in [0.1, 0.15) is 0 Å². The summed E-state index contributed by atoms with van der Waals surface area (Å²) in [6.45, 7) is 6.32. The Kier molecular flexibility index (Phi) is 2.48. The molecular weight excluding hydrogens is 148 g/mol. The number of aryl methyl sites for hydroxylation is 1. The van der Waals surface area contributed by atoms with Crippen LogP contribution in [0.2, 0.25) is 0 Å². The van der Waals surface area contributed by atoms with E-state index in [-0.39, 0.29) is 5.54 Å². The van der Waals surface area contributed by atoms with Gasteiger partial charge in [-0.15, -0.1) is 0 Å². The van der Waals surface area contributed by atoms with Crippen LogP contribution in [-0.4, -0.2) is 12.0 Å². The monoisotopic (exact) mass is 164 g/mol. The summed E-state index contributed by atoms with van der Waals surface area (Å²) in [5, 5.41) is 3.26. The second-order valence-electron chi connectivity index (χ2n) is 3.56. The molecule has 0 amide bonds. The van der Waals surface area contributed by atoms with Crippen LogP contribution < -0.4 is 5.32 Å². The number of hydrogen-bond donors (Lipinski definition) is 1. The van der Waals surface area contributed by atoms with E-state index < -0.39 is 0 Å². The predicted molar refractivity (Wildman–Crippen MR) is 51.1 cm³/mol. The summed E-state index contributed by atoms with van der Waals surface area (Å²) in [6.07, 6.45) is 1.85. The third-order valence-electron chi connectivity index (χ3n) is 2.24. The van der Waals surface area contributed by atoms with Crippen LogP contribution in [0.25, 0.3) is 0 Å². The Bertz CT molecular complexity index is 266. The van der Waals surface area contributed by atoms with E-state index in [2.05, 4.69) is 30.2 Å². The Morgan fingerprint density at radius 2 is 2.08 bits per heavy atom.